The van der Waals surface area contributed by atoms with Crippen molar-refractivity contribution in [2.75, 3.05) is 19.8 Å². The Balaban J connectivity index is 4.63. The first-order chi connectivity index (χ1) is 24.1. The molecule has 3 atom stereocenters. The molecule has 0 radical (unpaired) electrons. The van der Waals surface area contributed by atoms with Crippen molar-refractivity contribution < 1.29 is 47.5 Å². The minimum Gasteiger partial charge on any atom is -0.480 e. The first-order valence-electron chi connectivity index (χ1n) is 18.3. The van der Waals surface area contributed by atoms with E-state index in [4.69, 9.17) is 24.8 Å². The number of phosphoric ester groups is 1. The fourth-order valence-corrected chi connectivity index (χ4v) is 5.21. The lowest BCUT2D eigenvalue weighted by atomic mass is 10.1. The Kier molecular flexibility index (Phi) is 31.5. The maximum absolute atomic E-state index is 12.5. The number of carbonyl (C=O) groups is 3. The highest BCUT2D eigenvalue weighted by molar-refractivity contribution is 7.47. The van der Waals surface area contributed by atoms with Crippen LogP contribution >= 0.6 is 7.82 Å². The normalized spacial score (nSPS) is 14.6. The molecule has 0 rings (SSSR count). The van der Waals surface area contributed by atoms with Crippen molar-refractivity contribution in [2.24, 2.45) is 5.73 Å². The van der Waals surface area contributed by atoms with Gasteiger partial charge >= 0.3 is 25.7 Å². The van der Waals surface area contributed by atoms with E-state index in [-0.39, 0.29) is 19.4 Å². The van der Waals surface area contributed by atoms with Gasteiger partial charge in [-0.05, 0) is 38.5 Å². The largest absolute Gasteiger partial charge is 0.480 e. The SMILES string of the molecule is CC/C=C\C/C=C\C/C=C\C/C=C\C/C=C\CC(=O)OC(COC(=O)CCCCCCCCCCCCC)COP(=O)(O)OCC(N)C(=O)O. The van der Waals surface area contributed by atoms with Crippen molar-refractivity contribution in [3.05, 3.63) is 60.8 Å². The van der Waals surface area contributed by atoms with Crippen LogP contribution in [0.25, 0.3) is 0 Å². The highest BCUT2D eigenvalue weighted by atomic mass is 31.2. The highest BCUT2D eigenvalue weighted by Crippen LogP contribution is 2.43. The molecule has 0 bridgehead atoms. The van der Waals surface area contributed by atoms with Crippen LogP contribution in [0, 0.1) is 0 Å². The van der Waals surface area contributed by atoms with Gasteiger partial charge < -0.3 is 25.2 Å². The third-order valence-corrected chi connectivity index (χ3v) is 8.26. The number of carboxylic acid groups (broad SMARTS) is 1. The van der Waals surface area contributed by atoms with Crippen molar-refractivity contribution in [2.45, 2.75) is 142 Å². The standard InChI is InChI=1S/C38H64NO10P/c1-3-5-7-9-11-13-15-16-17-18-20-22-24-26-28-30-37(41)49-34(32-47-50(44,45)48-33-35(39)38(42)43)31-46-36(40)29-27-25-23-21-19-14-12-10-8-6-4-2/h5,7,11,13,16-17,20,22,26,28,34-35H,3-4,6,8-10,12,14-15,18-19,21,23-25,27,29-33,39H2,1-2H3,(H,42,43)(H,44,45)/b7-5-,13-11-,17-16-,22-20-,28-26-. The van der Waals surface area contributed by atoms with E-state index in [0.717, 1.165) is 44.9 Å². The molecule has 0 heterocycles. The molecule has 50 heavy (non-hydrogen) atoms. The lowest BCUT2D eigenvalue weighted by Gasteiger charge is -2.20. The Morgan fingerprint density at radius 3 is 1.60 bits per heavy atom. The Morgan fingerprint density at radius 1 is 0.640 bits per heavy atom. The number of hydrogen-bond donors (Lipinski definition) is 3. The van der Waals surface area contributed by atoms with Crippen LogP contribution in [0.5, 0.6) is 0 Å². The summed E-state index contributed by atoms with van der Waals surface area (Å²) in [6.45, 7) is 2.54. The van der Waals surface area contributed by atoms with Crippen LogP contribution < -0.4 is 5.73 Å². The van der Waals surface area contributed by atoms with Gasteiger partial charge in [-0.1, -0.05) is 139 Å². The number of allylic oxidation sites excluding steroid dienone is 9. The smallest absolute Gasteiger partial charge is 0.472 e. The molecule has 12 heteroatoms. The van der Waals surface area contributed by atoms with Gasteiger partial charge in [0.1, 0.15) is 12.6 Å². The molecule has 11 nitrogen and oxygen atoms in total. The second-order valence-electron chi connectivity index (χ2n) is 12.0. The molecule has 0 aromatic rings. The Morgan fingerprint density at radius 2 is 1.10 bits per heavy atom. The van der Waals surface area contributed by atoms with Crippen LogP contribution in [0.2, 0.25) is 0 Å². The molecule has 0 saturated carbocycles. The number of unbranched alkanes of at least 4 members (excludes halogenated alkanes) is 10. The fourth-order valence-electron chi connectivity index (χ4n) is 4.43. The molecule has 0 aromatic carbocycles. The number of aliphatic carboxylic acids is 1. The van der Waals surface area contributed by atoms with Crippen LogP contribution in [0.1, 0.15) is 129 Å². The lowest BCUT2D eigenvalue weighted by Crippen LogP contribution is -2.34. The number of esters is 2. The number of ether oxygens (including phenoxy) is 2. The van der Waals surface area contributed by atoms with Crippen molar-refractivity contribution in [3.8, 4) is 0 Å². The molecule has 0 amide bonds. The van der Waals surface area contributed by atoms with E-state index >= 15 is 0 Å². The highest BCUT2D eigenvalue weighted by Gasteiger charge is 2.28. The lowest BCUT2D eigenvalue weighted by molar-refractivity contribution is -0.160. The maximum atomic E-state index is 12.5. The molecule has 0 fully saturated rings. The molecule has 0 aromatic heterocycles. The Hall–Kier alpha value is -2.82. The van der Waals surface area contributed by atoms with Gasteiger partial charge in [-0.2, -0.15) is 0 Å². The fraction of sp³-hybridized carbons (Fsp3) is 0.658. The van der Waals surface area contributed by atoms with Gasteiger partial charge in [-0.15, -0.1) is 0 Å². The molecule has 286 valence electrons. The number of rotatable bonds is 33. The zero-order valence-corrected chi connectivity index (χ0v) is 31.4. The van der Waals surface area contributed by atoms with Crippen molar-refractivity contribution >= 4 is 25.7 Å². The average Bonchev–Trinajstić information content (AvgIpc) is 3.09. The van der Waals surface area contributed by atoms with E-state index < -0.39 is 51.1 Å². The van der Waals surface area contributed by atoms with Gasteiger partial charge in [0.25, 0.3) is 0 Å². The van der Waals surface area contributed by atoms with E-state index in [9.17, 15) is 23.8 Å². The molecule has 0 spiro atoms. The topological polar surface area (TPSA) is 172 Å². The summed E-state index contributed by atoms with van der Waals surface area (Å²) in [5, 5.41) is 8.84. The van der Waals surface area contributed by atoms with Crippen molar-refractivity contribution in [1.82, 2.24) is 0 Å². The van der Waals surface area contributed by atoms with E-state index in [1.807, 2.05) is 18.2 Å². The zero-order chi connectivity index (χ0) is 37.1. The van der Waals surface area contributed by atoms with Crippen LogP contribution in [-0.4, -0.2) is 59.9 Å². The van der Waals surface area contributed by atoms with Crippen LogP contribution in [0.3, 0.4) is 0 Å². The van der Waals surface area contributed by atoms with Crippen LogP contribution in [-0.2, 0) is 37.5 Å². The molecule has 4 N–H and O–H groups in total. The third-order valence-electron chi connectivity index (χ3n) is 7.31. The van der Waals surface area contributed by atoms with Gasteiger partial charge in [0.05, 0.1) is 19.6 Å². The average molecular weight is 726 g/mol. The molecular weight excluding hydrogens is 661 g/mol. The van der Waals surface area contributed by atoms with Gasteiger partial charge in [-0.3, -0.25) is 23.4 Å². The van der Waals surface area contributed by atoms with Crippen LogP contribution in [0.4, 0.5) is 0 Å². The van der Waals surface area contributed by atoms with Gasteiger partial charge in [0.15, 0.2) is 6.10 Å². The Bertz CT molecular complexity index is 1090. The first kappa shape index (κ1) is 47.2. The van der Waals surface area contributed by atoms with Gasteiger partial charge in [0.2, 0.25) is 0 Å². The quantitative estimate of drug-likeness (QED) is 0.0255. The minimum absolute atomic E-state index is 0.0720. The van der Waals surface area contributed by atoms with Crippen molar-refractivity contribution in [3.63, 3.8) is 0 Å². The van der Waals surface area contributed by atoms with E-state index in [1.165, 1.54) is 44.9 Å². The van der Waals surface area contributed by atoms with E-state index in [0.29, 0.717) is 12.8 Å². The maximum Gasteiger partial charge on any atom is 0.472 e. The second kappa shape index (κ2) is 33.3. The van der Waals surface area contributed by atoms with E-state index in [1.54, 1.807) is 6.08 Å². The summed E-state index contributed by atoms with van der Waals surface area (Å²) < 4.78 is 32.4. The summed E-state index contributed by atoms with van der Waals surface area (Å²) in [7, 11) is -4.73. The molecule has 0 aliphatic heterocycles. The predicted octanol–water partition coefficient (Wildman–Crippen LogP) is 8.83. The van der Waals surface area contributed by atoms with Crippen molar-refractivity contribution in [1.29, 1.82) is 0 Å². The molecule has 3 unspecified atom stereocenters. The number of nitrogens with two attached hydrogens (primary N) is 1. The summed E-state index contributed by atoms with van der Waals surface area (Å²) in [6.07, 6.45) is 36.1. The molecule has 0 saturated heterocycles. The molecule has 0 aliphatic carbocycles. The summed E-state index contributed by atoms with van der Waals surface area (Å²) in [4.78, 5) is 45.6. The summed E-state index contributed by atoms with van der Waals surface area (Å²) in [5.74, 6) is -2.55. The van der Waals surface area contributed by atoms with E-state index in [2.05, 4.69) is 54.8 Å². The number of hydrogen-bond acceptors (Lipinski definition) is 9. The van der Waals surface area contributed by atoms with Gasteiger partial charge in [0, 0.05) is 6.42 Å². The predicted molar refractivity (Wildman–Crippen MR) is 198 cm³/mol. The Labute approximate surface area is 300 Å². The minimum atomic E-state index is -4.73. The number of carboxylic acids is 1. The zero-order valence-electron chi connectivity index (χ0n) is 30.5. The third kappa shape index (κ3) is 32.4. The summed E-state index contributed by atoms with van der Waals surface area (Å²) >= 11 is 0. The monoisotopic (exact) mass is 725 g/mol. The molecular formula is C38H64NO10P. The first-order valence-corrected chi connectivity index (χ1v) is 19.8. The summed E-state index contributed by atoms with van der Waals surface area (Å²) in [5.41, 5.74) is 5.30. The van der Waals surface area contributed by atoms with Crippen LogP contribution in [0.15, 0.2) is 60.8 Å². The van der Waals surface area contributed by atoms with Gasteiger partial charge in [-0.25, -0.2) is 4.57 Å². The number of carbonyl (C=O) groups excluding carboxylic acids is 2. The number of phosphoric acid groups is 1. The summed E-state index contributed by atoms with van der Waals surface area (Å²) in [6, 6.07) is -1.53. The second-order valence-corrected chi connectivity index (χ2v) is 13.5. The molecule has 0 aliphatic rings.